The van der Waals surface area contributed by atoms with Crippen LogP contribution in [-0.4, -0.2) is 6.61 Å². The molecule has 0 aromatic carbocycles. The lowest BCUT2D eigenvalue weighted by atomic mass is 10.3. The molecule has 1 heteroatoms. The molecule has 0 aliphatic heterocycles. The maximum atomic E-state index is 5.03. The highest BCUT2D eigenvalue weighted by atomic mass is 16.5. The van der Waals surface area contributed by atoms with Gasteiger partial charge in [0.25, 0.3) is 0 Å². The molecule has 0 aromatic heterocycles. The van der Waals surface area contributed by atoms with Gasteiger partial charge < -0.3 is 4.74 Å². The lowest BCUT2D eigenvalue weighted by Gasteiger charge is -1.98. The molecule has 0 heterocycles. The second-order valence-corrected chi connectivity index (χ2v) is 2.56. The molecule has 64 valence electrons. The van der Waals surface area contributed by atoms with Gasteiger partial charge in [0.05, 0.1) is 0 Å². The number of allylic oxidation sites excluding steroid dienone is 4. The first-order chi connectivity index (χ1) is 5.66. The van der Waals surface area contributed by atoms with Gasteiger partial charge in [-0.2, -0.15) is 0 Å². The van der Waals surface area contributed by atoms with Crippen LogP contribution in [0.15, 0.2) is 36.1 Å². The van der Waals surface area contributed by atoms with Crippen molar-refractivity contribution in [1.82, 2.24) is 0 Å². The molecule has 0 saturated heterocycles. The van der Waals surface area contributed by atoms with Gasteiger partial charge in [0, 0.05) is 0 Å². The molecule has 0 radical (unpaired) electrons. The van der Waals surface area contributed by atoms with Crippen molar-refractivity contribution in [3.8, 4) is 12.3 Å². The second kappa shape index (κ2) is 6.30. The fraction of sp³-hybridized carbons (Fsp3) is 0.273. The van der Waals surface area contributed by atoms with Crippen LogP contribution in [0.1, 0.15) is 13.8 Å². The predicted octanol–water partition coefficient (Wildman–Crippen LogP) is 2.67. The average Bonchev–Trinajstić information content (AvgIpc) is 2.00. The van der Waals surface area contributed by atoms with E-state index >= 15 is 0 Å². The van der Waals surface area contributed by atoms with Crippen molar-refractivity contribution in [3.05, 3.63) is 36.1 Å². The highest BCUT2D eigenvalue weighted by Gasteiger charge is 1.83. The second-order valence-electron chi connectivity index (χ2n) is 2.56. The van der Waals surface area contributed by atoms with Gasteiger partial charge in [0.1, 0.15) is 12.4 Å². The molecule has 0 rings (SSSR count). The molecule has 0 aliphatic rings. The Labute approximate surface area is 74.4 Å². The molecule has 0 N–H and O–H groups in total. The Hall–Kier alpha value is -1.42. The van der Waals surface area contributed by atoms with Crippen molar-refractivity contribution >= 4 is 0 Å². The standard InChI is InChI=1S/C11H14O/c1-5-9-12-11(4)8-6-7-10(2)3/h1,6-8H,4,9H2,2-3H3. The molecule has 0 unspecified atom stereocenters. The van der Waals surface area contributed by atoms with Gasteiger partial charge in [0.2, 0.25) is 0 Å². The van der Waals surface area contributed by atoms with Crippen molar-refractivity contribution < 1.29 is 4.74 Å². The zero-order valence-corrected chi connectivity index (χ0v) is 7.63. The van der Waals surface area contributed by atoms with Crippen LogP contribution in [0.4, 0.5) is 0 Å². The van der Waals surface area contributed by atoms with Crippen LogP contribution < -0.4 is 0 Å². The van der Waals surface area contributed by atoms with Crippen LogP contribution in [0.3, 0.4) is 0 Å². The van der Waals surface area contributed by atoms with E-state index in [4.69, 9.17) is 11.2 Å². The molecular weight excluding hydrogens is 148 g/mol. The highest BCUT2D eigenvalue weighted by molar-refractivity contribution is 5.16. The summed E-state index contributed by atoms with van der Waals surface area (Å²) < 4.78 is 5.03. The lowest BCUT2D eigenvalue weighted by Crippen LogP contribution is -1.86. The van der Waals surface area contributed by atoms with Gasteiger partial charge in [-0.1, -0.05) is 30.2 Å². The first kappa shape index (κ1) is 10.6. The zero-order chi connectivity index (χ0) is 9.40. The topological polar surface area (TPSA) is 9.23 Å². The molecule has 12 heavy (non-hydrogen) atoms. The largest absolute Gasteiger partial charge is 0.482 e. The third kappa shape index (κ3) is 6.70. The number of hydrogen-bond acceptors (Lipinski definition) is 1. The van der Waals surface area contributed by atoms with Crippen molar-refractivity contribution in [2.45, 2.75) is 13.8 Å². The third-order valence-electron chi connectivity index (χ3n) is 1.05. The van der Waals surface area contributed by atoms with Gasteiger partial charge in [-0.3, -0.25) is 0 Å². The molecule has 0 amide bonds. The van der Waals surface area contributed by atoms with Crippen LogP contribution >= 0.6 is 0 Å². The smallest absolute Gasteiger partial charge is 0.148 e. The summed E-state index contributed by atoms with van der Waals surface area (Å²) in [6.45, 7) is 7.98. The first-order valence-corrected chi connectivity index (χ1v) is 3.73. The molecule has 0 fully saturated rings. The molecule has 0 aromatic rings. The van der Waals surface area contributed by atoms with Crippen LogP contribution in [0.5, 0.6) is 0 Å². The fourth-order valence-electron chi connectivity index (χ4n) is 0.530. The van der Waals surface area contributed by atoms with Crippen molar-refractivity contribution in [2.24, 2.45) is 0 Å². The average molecular weight is 162 g/mol. The minimum atomic E-state index is 0.276. The van der Waals surface area contributed by atoms with E-state index in [9.17, 15) is 0 Å². The van der Waals surface area contributed by atoms with Crippen LogP contribution in [0, 0.1) is 12.3 Å². The SMILES string of the molecule is C#CCOC(=C)C=CC=C(C)C. The summed E-state index contributed by atoms with van der Waals surface area (Å²) in [5, 5.41) is 0. The van der Waals surface area contributed by atoms with E-state index in [0.29, 0.717) is 5.76 Å². The summed E-state index contributed by atoms with van der Waals surface area (Å²) in [7, 11) is 0. The lowest BCUT2D eigenvalue weighted by molar-refractivity contribution is 0.269. The fourth-order valence-corrected chi connectivity index (χ4v) is 0.530. The number of ether oxygens (including phenoxy) is 1. The number of hydrogen-bond donors (Lipinski definition) is 0. The number of terminal acetylenes is 1. The van der Waals surface area contributed by atoms with Crippen molar-refractivity contribution in [1.29, 1.82) is 0 Å². The Kier molecular flexibility index (Phi) is 5.55. The third-order valence-corrected chi connectivity index (χ3v) is 1.05. The molecule has 0 bridgehead atoms. The summed E-state index contributed by atoms with van der Waals surface area (Å²) in [6, 6.07) is 0. The van der Waals surface area contributed by atoms with E-state index in [1.807, 2.05) is 26.0 Å². The summed E-state index contributed by atoms with van der Waals surface area (Å²) in [4.78, 5) is 0. The van der Waals surface area contributed by atoms with Gasteiger partial charge in [0.15, 0.2) is 0 Å². The van der Waals surface area contributed by atoms with E-state index in [2.05, 4.69) is 12.5 Å². The molecule has 1 nitrogen and oxygen atoms in total. The molecule has 0 saturated carbocycles. The maximum absolute atomic E-state index is 5.03. The summed E-state index contributed by atoms with van der Waals surface area (Å²) >= 11 is 0. The Balaban J connectivity index is 3.78. The van der Waals surface area contributed by atoms with E-state index in [0.717, 1.165) is 0 Å². The van der Waals surface area contributed by atoms with Gasteiger partial charge in [-0.05, 0) is 19.9 Å². The monoisotopic (exact) mass is 162 g/mol. The zero-order valence-electron chi connectivity index (χ0n) is 7.63. The summed E-state index contributed by atoms with van der Waals surface area (Å²) in [5.74, 6) is 2.95. The molecule has 0 atom stereocenters. The van der Waals surface area contributed by atoms with E-state index in [1.54, 1.807) is 6.08 Å². The minimum Gasteiger partial charge on any atom is -0.482 e. The predicted molar refractivity (Wildman–Crippen MR) is 52.5 cm³/mol. The van der Waals surface area contributed by atoms with Gasteiger partial charge in [-0.25, -0.2) is 0 Å². The van der Waals surface area contributed by atoms with Crippen LogP contribution in [0.2, 0.25) is 0 Å². The summed E-state index contributed by atoms with van der Waals surface area (Å²) in [5.41, 5.74) is 1.23. The molecule has 0 aliphatic carbocycles. The van der Waals surface area contributed by atoms with E-state index < -0.39 is 0 Å². The van der Waals surface area contributed by atoms with Gasteiger partial charge in [-0.15, -0.1) is 6.42 Å². The van der Waals surface area contributed by atoms with E-state index in [-0.39, 0.29) is 6.61 Å². The molecule has 0 spiro atoms. The first-order valence-electron chi connectivity index (χ1n) is 3.73. The summed E-state index contributed by atoms with van der Waals surface area (Å²) in [6.07, 6.45) is 10.6. The van der Waals surface area contributed by atoms with Crippen LogP contribution in [-0.2, 0) is 4.74 Å². The molecular formula is C11H14O. The highest BCUT2D eigenvalue weighted by Crippen LogP contribution is 1.96. The van der Waals surface area contributed by atoms with Crippen LogP contribution in [0.25, 0.3) is 0 Å². The Bertz CT molecular complexity index is 234. The Morgan fingerprint density at radius 1 is 1.58 bits per heavy atom. The normalized spacial score (nSPS) is 9.08. The van der Waals surface area contributed by atoms with E-state index in [1.165, 1.54) is 5.57 Å². The van der Waals surface area contributed by atoms with Gasteiger partial charge >= 0.3 is 0 Å². The Morgan fingerprint density at radius 2 is 2.25 bits per heavy atom. The number of rotatable bonds is 4. The minimum absolute atomic E-state index is 0.276. The Morgan fingerprint density at radius 3 is 2.75 bits per heavy atom. The maximum Gasteiger partial charge on any atom is 0.148 e. The van der Waals surface area contributed by atoms with Crippen molar-refractivity contribution in [2.75, 3.05) is 6.61 Å². The quantitative estimate of drug-likeness (QED) is 0.351. The van der Waals surface area contributed by atoms with Crippen molar-refractivity contribution in [3.63, 3.8) is 0 Å².